The molecule has 2 aromatic heterocycles. The fraction of sp³-hybridized carbons (Fsp3) is 0.0345. The number of rotatable bonds is 7. The lowest BCUT2D eigenvalue weighted by Gasteiger charge is -2.25. The maximum atomic E-state index is 2.52. The fourth-order valence-electron chi connectivity index (χ4n) is 15.9. The highest BCUT2D eigenvalue weighted by atomic mass is 14.9. The van der Waals surface area contributed by atoms with E-state index in [2.05, 4.69) is 316 Å². The van der Waals surface area contributed by atoms with Gasteiger partial charge in [0.1, 0.15) is 0 Å². The van der Waals surface area contributed by atoms with Gasteiger partial charge in [-0.2, -0.15) is 0 Å². The second kappa shape index (κ2) is 18.4. The summed E-state index contributed by atoms with van der Waals surface area (Å²) in [5.41, 5.74) is 23.4. The molecule has 0 spiro atoms. The molecular weight excluding hydrogens is 1060 g/mol. The molecule has 18 aromatic rings. The minimum absolute atomic E-state index is 0.239. The Kier molecular flexibility index (Phi) is 10.3. The van der Waals surface area contributed by atoms with Gasteiger partial charge in [-0.25, -0.2) is 0 Å². The van der Waals surface area contributed by atoms with E-state index in [1.807, 2.05) is 0 Å². The minimum atomic E-state index is -0.239. The molecular formula is C87H55N. The molecule has 408 valence electrons. The Balaban J connectivity index is 0.734. The number of nitrogens with zero attached hydrogens (tertiary/aromatic N) is 1. The van der Waals surface area contributed by atoms with E-state index in [1.165, 1.54) is 192 Å². The number of hydrogen-bond donors (Lipinski definition) is 0. The van der Waals surface area contributed by atoms with Gasteiger partial charge in [-0.15, -0.1) is 0 Å². The Bertz CT molecular complexity index is 5980. The molecule has 19 rings (SSSR count). The topological polar surface area (TPSA) is 4.41 Å². The van der Waals surface area contributed by atoms with Gasteiger partial charge in [0, 0.05) is 27.0 Å². The van der Waals surface area contributed by atoms with Crippen LogP contribution in [0.2, 0.25) is 0 Å². The predicted molar refractivity (Wildman–Crippen MR) is 376 cm³/mol. The quantitative estimate of drug-likeness (QED) is 0.140. The van der Waals surface area contributed by atoms with Crippen molar-refractivity contribution in [3.8, 4) is 77.9 Å². The van der Waals surface area contributed by atoms with Crippen LogP contribution in [0.5, 0.6) is 0 Å². The average Bonchev–Trinajstić information content (AvgIpc) is 1.56. The van der Waals surface area contributed by atoms with Crippen molar-refractivity contribution in [1.82, 2.24) is 4.40 Å². The van der Waals surface area contributed by atoms with Gasteiger partial charge in [0.25, 0.3) is 0 Å². The van der Waals surface area contributed by atoms with Crippen molar-refractivity contribution in [1.29, 1.82) is 0 Å². The van der Waals surface area contributed by atoms with Gasteiger partial charge >= 0.3 is 0 Å². The highest BCUT2D eigenvalue weighted by Gasteiger charge is 2.37. The molecule has 0 atom stereocenters. The highest BCUT2D eigenvalue weighted by molar-refractivity contribution is 6.31. The van der Waals surface area contributed by atoms with Crippen molar-refractivity contribution in [2.45, 2.75) is 19.3 Å². The second-order valence-corrected chi connectivity index (χ2v) is 25.1. The number of fused-ring (bicyclic) bond motifs is 15. The number of benzene rings is 16. The third-order valence-electron chi connectivity index (χ3n) is 20.0. The molecule has 0 aliphatic heterocycles. The third kappa shape index (κ3) is 7.10. The Morgan fingerprint density at radius 3 is 1.17 bits per heavy atom. The summed E-state index contributed by atoms with van der Waals surface area (Å²) in [6.45, 7) is 4.90. The first-order valence-electron chi connectivity index (χ1n) is 30.9. The zero-order chi connectivity index (χ0) is 57.9. The smallest absolute Gasteiger partial charge is 0.0620 e. The fourth-order valence-corrected chi connectivity index (χ4v) is 15.9. The lowest BCUT2D eigenvalue weighted by Crippen LogP contribution is -2.16. The van der Waals surface area contributed by atoms with Crippen molar-refractivity contribution in [2.75, 3.05) is 0 Å². The Hall–Kier alpha value is -11.1. The Morgan fingerprint density at radius 2 is 0.580 bits per heavy atom. The van der Waals surface area contributed by atoms with Crippen molar-refractivity contribution >= 4 is 103 Å². The van der Waals surface area contributed by atoms with E-state index in [-0.39, 0.29) is 5.41 Å². The Labute approximate surface area is 509 Å². The summed E-state index contributed by atoms with van der Waals surface area (Å²) in [5, 5.41) is 20.9. The lowest BCUT2D eigenvalue weighted by atomic mass is 9.78. The van der Waals surface area contributed by atoms with Crippen LogP contribution in [0, 0.1) is 0 Å². The van der Waals surface area contributed by atoms with Crippen LogP contribution in [-0.2, 0) is 5.41 Å². The molecule has 88 heavy (non-hydrogen) atoms. The van der Waals surface area contributed by atoms with Gasteiger partial charge < -0.3 is 4.40 Å². The van der Waals surface area contributed by atoms with Crippen molar-refractivity contribution < 1.29 is 0 Å². The molecule has 2 heterocycles. The maximum Gasteiger partial charge on any atom is 0.0620 e. The van der Waals surface area contributed by atoms with E-state index < -0.39 is 0 Å². The van der Waals surface area contributed by atoms with Crippen molar-refractivity contribution in [3.05, 3.63) is 308 Å². The van der Waals surface area contributed by atoms with Gasteiger partial charge in [0.05, 0.1) is 16.6 Å². The third-order valence-corrected chi connectivity index (χ3v) is 20.0. The van der Waals surface area contributed by atoms with E-state index >= 15 is 0 Å². The predicted octanol–water partition coefficient (Wildman–Crippen LogP) is 24.1. The zero-order valence-electron chi connectivity index (χ0n) is 48.7. The largest absolute Gasteiger partial charge is 0.308 e. The number of aromatic nitrogens is 1. The first kappa shape index (κ1) is 49.2. The van der Waals surface area contributed by atoms with Gasteiger partial charge in [-0.05, 0) is 220 Å². The van der Waals surface area contributed by atoms with Gasteiger partial charge in [-0.1, -0.05) is 244 Å². The molecule has 16 aromatic carbocycles. The van der Waals surface area contributed by atoms with Crippen LogP contribution >= 0.6 is 0 Å². The molecule has 0 bridgehead atoms. The summed E-state index contributed by atoms with van der Waals surface area (Å²) < 4.78 is 2.52. The molecule has 1 heteroatoms. The molecule has 0 N–H and O–H groups in total. The van der Waals surface area contributed by atoms with E-state index in [4.69, 9.17) is 0 Å². The summed E-state index contributed by atoms with van der Waals surface area (Å²) in [6, 6.07) is 112. The van der Waals surface area contributed by atoms with Gasteiger partial charge in [0.15, 0.2) is 0 Å². The molecule has 1 nitrogen and oxygen atoms in total. The molecule has 0 fully saturated rings. The van der Waals surface area contributed by atoms with Gasteiger partial charge in [-0.3, -0.25) is 0 Å². The van der Waals surface area contributed by atoms with Crippen LogP contribution in [0.3, 0.4) is 0 Å². The van der Waals surface area contributed by atoms with E-state index in [9.17, 15) is 0 Å². The standard InChI is InChI=1S/C87H55N/c1-87(2)80-33-16-32-73-71-39-36-62(59-25-13-21-55(44-59)54-20-12-19-53(43-54)52-17-4-3-5-18-52)48-76(71)74-41-40-65(85(87)84(74)83(73)80)63-37-42-82-77(49-63)79-51-64(50-78-72-31-10-11-34-81(72)88(82)86(78)79)60-26-15-23-57(46-60)56-22-14-24-58(45-56)61-35-38-70-68-29-7-6-27-66(68)67-28-8-9-30-69(67)75(70)47-61/h3-51H,1-2H3. The number of para-hydroxylation sites is 1. The van der Waals surface area contributed by atoms with Crippen LogP contribution < -0.4 is 0 Å². The summed E-state index contributed by atoms with van der Waals surface area (Å²) in [6.07, 6.45) is 0. The molecule has 0 amide bonds. The molecule has 0 saturated carbocycles. The summed E-state index contributed by atoms with van der Waals surface area (Å²) >= 11 is 0. The second-order valence-electron chi connectivity index (χ2n) is 25.1. The SMILES string of the molecule is CC1(C)c2cccc3c4ccc(-c5cccc(-c6cccc(-c7ccccc7)c6)c5)cc4c4ccc(-c5ccc6c(c5)c5cc(-c7cccc(-c8cccc(-c9ccc%10c%11ccccc%11c%11ccccc%11c%10c9)c8)c7)cc7c8ccccc8n6c75)c1c4c23. The highest BCUT2D eigenvalue weighted by Crippen LogP contribution is 2.55. The van der Waals surface area contributed by atoms with E-state index in [0.29, 0.717) is 0 Å². The first-order valence-corrected chi connectivity index (χ1v) is 30.9. The van der Waals surface area contributed by atoms with Gasteiger partial charge in [0.2, 0.25) is 0 Å². The minimum Gasteiger partial charge on any atom is -0.308 e. The van der Waals surface area contributed by atoms with Crippen LogP contribution in [-0.4, -0.2) is 4.40 Å². The van der Waals surface area contributed by atoms with Crippen LogP contribution in [0.25, 0.3) is 181 Å². The average molecular weight is 1110 g/mol. The summed E-state index contributed by atoms with van der Waals surface area (Å²) in [7, 11) is 0. The van der Waals surface area contributed by atoms with Crippen LogP contribution in [0.15, 0.2) is 297 Å². The molecule has 1 aliphatic rings. The van der Waals surface area contributed by atoms with E-state index in [0.717, 1.165) is 0 Å². The van der Waals surface area contributed by atoms with E-state index in [1.54, 1.807) is 0 Å². The number of hydrogen-bond acceptors (Lipinski definition) is 0. The first-order chi connectivity index (χ1) is 43.4. The molecule has 0 unspecified atom stereocenters. The Morgan fingerprint density at radius 1 is 0.216 bits per heavy atom. The zero-order valence-corrected chi connectivity index (χ0v) is 48.7. The monoisotopic (exact) mass is 1110 g/mol. The summed E-state index contributed by atoms with van der Waals surface area (Å²) in [5.74, 6) is 0. The van der Waals surface area contributed by atoms with Crippen molar-refractivity contribution in [3.63, 3.8) is 0 Å². The maximum absolute atomic E-state index is 2.52. The molecule has 0 radical (unpaired) electrons. The molecule has 0 saturated heterocycles. The normalized spacial score (nSPS) is 13.0. The van der Waals surface area contributed by atoms with Crippen LogP contribution in [0.4, 0.5) is 0 Å². The summed E-state index contributed by atoms with van der Waals surface area (Å²) in [4.78, 5) is 0. The lowest BCUT2D eigenvalue weighted by molar-refractivity contribution is 0.664. The van der Waals surface area contributed by atoms with Crippen molar-refractivity contribution in [2.24, 2.45) is 0 Å². The molecule has 1 aliphatic carbocycles. The van der Waals surface area contributed by atoms with Crippen LogP contribution in [0.1, 0.15) is 25.0 Å².